The number of carboxylic acids is 1. The summed E-state index contributed by atoms with van der Waals surface area (Å²) in [6, 6.07) is 5.51. The van der Waals surface area contributed by atoms with Gasteiger partial charge in [0.2, 0.25) is 5.91 Å². The Labute approximate surface area is 99.1 Å². The van der Waals surface area contributed by atoms with E-state index in [1.807, 2.05) is 18.2 Å². The summed E-state index contributed by atoms with van der Waals surface area (Å²) in [5, 5.41) is 8.76. The molecule has 5 nitrogen and oxygen atoms in total. The molecule has 0 radical (unpaired) electrons. The quantitative estimate of drug-likeness (QED) is 0.835. The highest BCUT2D eigenvalue weighted by molar-refractivity contribution is 5.89. The molecule has 1 heterocycles. The Kier molecular flexibility index (Phi) is 3.08. The van der Waals surface area contributed by atoms with E-state index in [2.05, 4.69) is 4.98 Å². The third-order valence-electron chi connectivity index (χ3n) is 2.93. The number of amides is 1. The summed E-state index contributed by atoms with van der Waals surface area (Å²) in [6.45, 7) is 0.419. The number of aromatic nitrogens is 1. The van der Waals surface area contributed by atoms with E-state index in [0.717, 1.165) is 5.69 Å². The van der Waals surface area contributed by atoms with Crippen LogP contribution < -0.4 is 0 Å². The summed E-state index contributed by atoms with van der Waals surface area (Å²) in [5.41, 5.74) is 0.802. The van der Waals surface area contributed by atoms with E-state index in [1.165, 1.54) is 4.90 Å². The lowest BCUT2D eigenvalue weighted by atomic mass is 10.2. The molecule has 1 N–H and O–H groups in total. The Balaban J connectivity index is 1.91. The molecule has 2 atom stereocenters. The fraction of sp³-hybridized carbons (Fsp3) is 0.417. The molecular weight excluding hydrogens is 220 g/mol. The minimum Gasteiger partial charge on any atom is -0.481 e. The molecule has 5 heteroatoms. The lowest BCUT2D eigenvalue weighted by Gasteiger charge is -2.16. The molecule has 0 bridgehead atoms. The van der Waals surface area contributed by atoms with Crippen molar-refractivity contribution in [3.63, 3.8) is 0 Å². The van der Waals surface area contributed by atoms with Gasteiger partial charge in [-0.25, -0.2) is 0 Å². The first-order valence-corrected chi connectivity index (χ1v) is 5.47. The number of aliphatic carboxylic acids is 1. The first-order chi connectivity index (χ1) is 8.09. The highest BCUT2D eigenvalue weighted by Gasteiger charge is 2.49. The van der Waals surface area contributed by atoms with Gasteiger partial charge < -0.3 is 10.0 Å². The molecule has 0 aromatic carbocycles. The average molecular weight is 234 g/mol. The van der Waals surface area contributed by atoms with Crippen LogP contribution in [0.2, 0.25) is 0 Å². The van der Waals surface area contributed by atoms with E-state index in [0.29, 0.717) is 13.0 Å². The van der Waals surface area contributed by atoms with Crippen molar-refractivity contribution in [2.45, 2.75) is 13.0 Å². The third-order valence-corrected chi connectivity index (χ3v) is 2.93. The Bertz CT molecular complexity index is 433. The predicted molar refractivity (Wildman–Crippen MR) is 59.9 cm³/mol. The highest BCUT2D eigenvalue weighted by Crippen LogP contribution is 2.39. The van der Waals surface area contributed by atoms with Crippen LogP contribution in [0.5, 0.6) is 0 Å². The fourth-order valence-corrected chi connectivity index (χ4v) is 1.84. The largest absolute Gasteiger partial charge is 0.481 e. The normalized spacial score (nSPS) is 21.9. The van der Waals surface area contributed by atoms with E-state index in [1.54, 1.807) is 13.2 Å². The SMILES string of the molecule is CN(Cc1ccccn1)C(=O)[C@@H]1C[C@@H]1C(=O)O. The number of carboxylic acid groups (broad SMARTS) is 1. The minimum absolute atomic E-state index is 0.108. The zero-order valence-corrected chi connectivity index (χ0v) is 9.54. The molecule has 0 saturated heterocycles. The summed E-state index contributed by atoms with van der Waals surface area (Å²) in [5.74, 6) is -1.83. The van der Waals surface area contributed by atoms with Gasteiger partial charge >= 0.3 is 5.97 Å². The van der Waals surface area contributed by atoms with Crippen molar-refractivity contribution in [2.24, 2.45) is 11.8 Å². The molecule has 1 aliphatic carbocycles. The maximum Gasteiger partial charge on any atom is 0.307 e. The van der Waals surface area contributed by atoms with Crippen molar-refractivity contribution < 1.29 is 14.7 Å². The van der Waals surface area contributed by atoms with Gasteiger partial charge in [-0.1, -0.05) is 6.07 Å². The van der Waals surface area contributed by atoms with Gasteiger partial charge in [-0.15, -0.1) is 0 Å². The zero-order chi connectivity index (χ0) is 12.4. The van der Waals surface area contributed by atoms with Gasteiger partial charge in [0.15, 0.2) is 0 Å². The number of hydrogen-bond acceptors (Lipinski definition) is 3. The molecule has 90 valence electrons. The average Bonchev–Trinajstić information content (AvgIpc) is 3.09. The van der Waals surface area contributed by atoms with E-state index in [9.17, 15) is 9.59 Å². The monoisotopic (exact) mass is 234 g/mol. The second-order valence-electron chi connectivity index (χ2n) is 4.30. The first kappa shape index (κ1) is 11.6. The minimum atomic E-state index is -0.880. The maximum atomic E-state index is 11.9. The Hall–Kier alpha value is -1.91. The summed E-state index contributed by atoms with van der Waals surface area (Å²) >= 11 is 0. The summed E-state index contributed by atoms with van der Waals surface area (Å²) in [4.78, 5) is 28.2. The van der Waals surface area contributed by atoms with Crippen LogP contribution in [0.25, 0.3) is 0 Å². The lowest BCUT2D eigenvalue weighted by molar-refractivity contribution is -0.141. The fourth-order valence-electron chi connectivity index (χ4n) is 1.84. The number of hydrogen-bond donors (Lipinski definition) is 1. The molecule has 17 heavy (non-hydrogen) atoms. The van der Waals surface area contributed by atoms with Gasteiger partial charge in [-0.3, -0.25) is 14.6 Å². The van der Waals surface area contributed by atoms with Gasteiger partial charge in [-0.05, 0) is 18.6 Å². The second-order valence-corrected chi connectivity index (χ2v) is 4.30. The van der Waals surface area contributed by atoms with Gasteiger partial charge in [0.25, 0.3) is 0 Å². The molecule has 1 aromatic rings. The zero-order valence-electron chi connectivity index (χ0n) is 9.54. The lowest BCUT2D eigenvalue weighted by Crippen LogP contribution is -2.29. The Morgan fingerprint density at radius 3 is 2.76 bits per heavy atom. The summed E-state index contributed by atoms with van der Waals surface area (Å²) < 4.78 is 0. The topological polar surface area (TPSA) is 70.5 Å². The number of carbonyl (C=O) groups excluding carboxylic acids is 1. The predicted octanol–water partition coefficient (Wildman–Crippen LogP) is 0.761. The Morgan fingerprint density at radius 2 is 2.24 bits per heavy atom. The number of nitrogens with zero attached hydrogens (tertiary/aromatic N) is 2. The maximum absolute atomic E-state index is 11.9. The standard InChI is InChI=1S/C12H14N2O3/c1-14(7-8-4-2-3-5-13-8)11(15)9-6-10(9)12(16)17/h2-5,9-10H,6-7H2,1H3,(H,16,17)/t9-,10+/m1/s1. The van der Waals surface area contributed by atoms with Crippen LogP contribution in [-0.2, 0) is 16.1 Å². The van der Waals surface area contributed by atoms with Crippen LogP contribution in [0.4, 0.5) is 0 Å². The molecule has 1 aromatic heterocycles. The molecule has 1 saturated carbocycles. The number of carbonyl (C=O) groups is 2. The van der Waals surface area contributed by atoms with Crippen molar-refractivity contribution in [2.75, 3.05) is 7.05 Å². The van der Waals surface area contributed by atoms with Gasteiger partial charge in [0.05, 0.1) is 24.1 Å². The van der Waals surface area contributed by atoms with Crippen LogP contribution in [0.3, 0.4) is 0 Å². The Morgan fingerprint density at radius 1 is 1.47 bits per heavy atom. The van der Waals surface area contributed by atoms with Crippen LogP contribution in [0.1, 0.15) is 12.1 Å². The molecular formula is C12H14N2O3. The van der Waals surface area contributed by atoms with Crippen LogP contribution in [0.15, 0.2) is 24.4 Å². The molecule has 0 unspecified atom stereocenters. The summed E-state index contributed by atoms with van der Waals surface area (Å²) in [7, 11) is 1.67. The van der Waals surface area contributed by atoms with Crippen molar-refractivity contribution in [1.29, 1.82) is 0 Å². The van der Waals surface area contributed by atoms with Gasteiger partial charge in [-0.2, -0.15) is 0 Å². The van der Waals surface area contributed by atoms with Gasteiger partial charge in [0.1, 0.15) is 0 Å². The molecule has 1 fully saturated rings. The van der Waals surface area contributed by atoms with E-state index in [-0.39, 0.29) is 11.8 Å². The first-order valence-electron chi connectivity index (χ1n) is 5.47. The number of pyridine rings is 1. The van der Waals surface area contributed by atoms with Crippen molar-refractivity contribution in [1.82, 2.24) is 9.88 Å². The van der Waals surface area contributed by atoms with E-state index < -0.39 is 11.9 Å². The molecule has 0 spiro atoms. The van der Waals surface area contributed by atoms with E-state index >= 15 is 0 Å². The number of rotatable bonds is 4. The van der Waals surface area contributed by atoms with E-state index in [4.69, 9.17) is 5.11 Å². The van der Waals surface area contributed by atoms with Crippen LogP contribution in [0, 0.1) is 11.8 Å². The van der Waals surface area contributed by atoms with Crippen molar-refractivity contribution in [3.05, 3.63) is 30.1 Å². The van der Waals surface area contributed by atoms with Crippen LogP contribution >= 0.6 is 0 Å². The van der Waals surface area contributed by atoms with Gasteiger partial charge in [0, 0.05) is 13.2 Å². The molecule has 2 rings (SSSR count). The van der Waals surface area contributed by atoms with Crippen molar-refractivity contribution in [3.8, 4) is 0 Å². The molecule has 1 amide bonds. The van der Waals surface area contributed by atoms with Crippen molar-refractivity contribution >= 4 is 11.9 Å². The smallest absolute Gasteiger partial charge is 0.307 e. The third kappa shape index (κ3) is 2.61. The highest BCUT2D eigenvalue weighted by atomic mass is 16.4. The molecule has 0 aliphatic heterocycles. The summed E-state index contributed by atoms with van der Waals surface area (Å²) in [6.07, 6.45) is 2.13. The second kappa shape index (κ2) is 4.53. The molecule has 1 aliphatic rings. The van der Waals surface area contributed by atoms with Crippen LogP contribution in [-0.4, -0.2) is 33.9 Å².